The van der Waals surface area contributed by atoms with Crippen molar-refractivity contribution in [3.8, 4) is 0 Å². The second-order valence-electron chi connectivity index (χ2n) is 4.10. The summed E-state index contributed by atoms with van der Waals surface area (Å²) in [7, 11) is 0. The van der Waals surface area contributed by atoms with Crippen molar-refractivity contribution in [1.82, 2.24) is 0 Å². The molecule has 2 rings (SSSR count). The molecule has 2 aromatic carbocycles. The highest BCUT2D eigenvalue weighted by Crippen LogP contribution is 2.21. The molecule has 0 saturated heterocycles. The number of benzene rings is 2. The van der Waals surface area contributed by atoms with Gasteiger partial charge in [-0.15, -0.1) is 0 Å². The number of hydrogen-bond acceptors (Lipinski definition) is 1. The molecule has 4 heteroatoms. The lowest BCUT2D eigenvalue weighted by molar-refractivity contribution is 0.625. The minimum atomic E-state index is -0.247. The predicted octanol–water partition coefficient (Wildman–Crippen LogP) is 5.16. The molecule has 0 fully saturated rings. The largest absolute Gasteiger partial charge is 0.381 e. The molecule has 2 aromatic rings. The molecule has 0 amide bonds. The highest BCUT2D eigenvalue weighted by molar-refractivity contribution is 9.10. The Hall–Kier alpha value is -1.06. The van der Waals surface area contributed by atoms with Crippen LogP contribution in [0, 0.1) is 12.7 Å². The quantitative estimate of drug-likeness (QED) is 0.820. The first kappa shape index (κ1) is 13.4. The van der Waals surface area contributed by atoms with Crippen molar-refractivity contribution in [2.75, 3.05) is 5.32 Å². The van der Waals surface area contributed by atoms with Crippen LogP contribution in [0.15, 0.2) is 40.9 Å². The minimum absolute atomic E-state index is 0.247. The lowest BCUT2D eigenvalue weighted by Crippen LogP contribution is -2.00. The van der Waals surface area contributed by atoms with Gasteiger partial charge in [-0.3, -0.25) is 0 Å². The maximum absolute atomic E-state index is 13.2. The van der Waals surface area contributed by atoms with Crippen molar-refractivity contribution >= 4 is 33.2 Å². The van der Waals surface area contributed by atoms with Crippen LogP contribution in [0.3, 0.4) is 0 Å². The van der Waals surface area contributed by atoms with E-state index in [9.17, 15) is 4.39 Å². The van der Waals surface area contributed by atoms with Crippen LogP contribution in [-0.2, 0) is 6.54 Å². The molecule has 0 spiro atoms. The average Bonchev–Trinajstić information content (AvgIpc) is 2.29. The minimum Gasteiger partial charge on any atom is -0.381 e. The van der Waals surface area contributed by atoms with Gasteiger partial charge in [0, 0.05) is 21.7 Å². The molecule has 0 saturated carbocycles. The van der Waals surface area contributed by atoms with Gasteiger partial charge in [-0.05, 0) is 48.4 Å². The summed E-state index contributed by atoms with van der Waals surface area (Å²) in [5.74, 6) is -0.247. The van der Waals surface area contributed by atoms with Crippen molar-refractivity contribution in [3.05, 3.63) is 62.8 Å². The van der Waals surface area contributed by atoms with Gasteiger partial charge in [0.25, 0.3) is 0 Å². The van der Waals surface area contributed by atoms with Crippen LogP contribution in [0.25, 0.3) is 0 Å². The van der Waals surface area contributed by atoms with Crippen molar-refractivity contribution in [2.24, 2.45) is 0 Å². The Kier molecular flexibility index (Phi) is 4.25. The Morgan fingerprint density at radius 1 is 1.22 bits per heavy atom. The van der Waals surface area contributed by atoms with Crippen LogP contribution in [0.4, 0.5) is 10.1 Å². The molecular weight excluding hydrogens is 317 g/mol. The fourth-order valence-corrected chi connectivity index (χ4v) is 2.31. The van der Waals surface area contributed by atoms with Gasteiger partial charge in [-0.25, -0.2) is 4.39 Å². The third kappa shape index (κ3) is 3.47. The van der Waals surface area contributed by atoms with E-state index < -0.39 is 0 Å². The first-order valence-electron chi connectivity index (χ1n) is 5.49. The molecule has 0 unspecified atom stereocenters. The van der Waals surface area contributed by atoms with Crippen LogP contribution in [0.2, 0.25) is 5.02 Å². The number of hydrogen-bond donors (Lipinski definition) is 1. The van der Waals surface area contributed by atoms with Crippen LogP contribution in [-0.4, -0.2) is 0 Å². The zero-order valence-electron chi connectivity index (χ0n) is 9.81. The normalized spacial score (nSPS) is 10.4. The molecule has 0 heterocycles. The fourth-order valence-electron chi connectivity index (χ4n) is 1.62. The van der Waals surface area contributed by atoms with Crippen molar-refractivity contribution in [1.29, 1.82) is 0 Å². The Balaban J connectivity index is 2.08. The number of nitrogens with one attached hydrogen (secondary N) is 1. The summed E-state index contributed by atoms with van der Waals surface area (Å²) in [4.78, 5) is 0. The Morgan fingerprint density at radius 3 is 2.67 bits per heavy atom. The van der Waals surface area contributed by atoms with Gasteiger partial charge in [0.05, 0.1) is 0 Å². The van der Waals surface area contributed by atoms with Crippen LogP contribution < -0.4 is 5.32 Å². The van der Waals surface area contributed by atoms with E-state index in [2.05, 4.69) is 21.2 Å². The molecule has 18 heavy (non-hydrogen) atoms. The lowest BCUT2D eigenvalue weighted by atomic mass is 10.2. The zero-order valence-corrected chi connectivity index (χ0v) is 12.1. The summed E-state index contributed by atoms with van der Waals surface area (Å²) < 4.78 is 13.9. The van der Waals surface area contributed by atoms with Gasteiger partial charge in [0.1, 0.15) is 5.82 Å². The SMILES string of the molecule is Cc1ccc(NCc2cc(F)cc(Br)c2)cc1Cl. The van der Waals surface area contributed by atoms with E-state index in [4.69, 9.17) is 11.6 Å². The first-order valence-corrected chi connectivity index (χ1v) is 6.67. The molecule has 0 aliphatic heterocycles. The van der Waals surface area contributed by atoms with E-state index in [1.54, 1.807) is 0 Å². The monoisotopic (exact) mass is 327 g/mol. The van der Waals surface area contributed by atoms with Crippen molar-refractivity contribution < 1.29 is 4.39 Å². The second-order valence-corrected chi connectivity index (χ2v) is 5.42. The van der Waals surface area contributed by atoms with Gasteiger partial charge in [0.2, 0.25) is 0 Å². The van der Waals surface area contributed by atoms with Gasteiger partial charge < -0.3 is 5.32 Å². The highest BCUT2D eigenvalue weighted by Gasteiger charge is 2.01. The summed E-state index contributed by atoms with van der Waals surface area (Å²) in [5, 5.41) is 3.93. The third-order valence-electron chi connectivity index (χ3n) is 2.59. The summed E-state index contributed by atoms with van der Waals surface area (Å²) in [6.07, 6.45) is 0. The average molecular weight is 329 g/mol. The number of anilines is 1. The van der Waals surface area contributed by atoms with Crippen LogP contribution in [0.1, 0.15) is 11.1 Å². The summed E-state index contributed by atoms with van der Waals surface area (Å²) >= 11 is 9.31. The molecule has 0 aliphatic rings. The molecular formula is C14H12BrClFN. The van der Waals surface area contributed by atoms with Gasteiger partial charge in [-0.1, -0.05) is 33.6 Å². The fraction of sp³-hybridized carbons (Fsp3) is 0.143. The third-order valence-corrected chi connectivity index (χ3v) is 3.46. The van der Waals surface area contributed by atoms with Crippen LogP contribution >= 0.6 is 27.5 Å². The number of rotatable bonds is 3. The van der Waals surface area contributed by atoms with E-state index in [1.165, 1.54) is 12.1 Å². The van der Waals surface area contributed by atoms with E-state index >= 15 is 0 Å². The van der Waals surface area contributed by atoms with E-state index in [0.29, 0.717) is 6.54 Å². The van der Waals surface area contributed by atoms with E-state index in [1.807, 2.05) is 31.2 Å². The highest BCUT2D eigenvalue weighted by atomic mass is 79.9. The zero-order chi connectivity index (χ0) is 13.1. The van der Waals surface area contributed by atoms with Crippen molar-refractivity contribution in [2.45, 2.75) is 13.5 Å². The predicted molar refractivity (Wildman–Crippen MR) is 77.6 cm³/mol. The standard InChI is InChI=1S/C14H12BrClFN/c1-9-2-3-13(7-14(9)16)18-8-10-4-11(15)6-12(17)5-10/h2-7,18H,8H2,1H3. The Labute approximate surface area is 119 Å². The van der Waals surface area contributed by atoms with Crippen LogP contribution in [0.5, 0.6) is 0 Å². The Morgan fingerprint density at radius 2 is 2.00 bits per heavy atom. The molecule has 0 atom stereocenters. The van der Waals surface area contributed by atoms with E-state index in [0.717, 1.165) is 26.3 Å². The smallest absolute Gasteiger partial charge is 0.124 e. The van der Waals surface area contributed by atoms with Gasteiger partial charge >= 0.3 is 0 Å². The van der Waals surface area contributed by atoms with E-state index in [-0.39, 0.29) is 5.82 Å². The number of halogens is 3. The first-order chi connectivity index (χ1) is 8.54. The molecule has 0 aromatic heterocycles. The molecule has 1 N–H and O–H groups in total. The van der Waals surface area contributed by atoms with Gasteiger partial charge in [0.15, 0.2) is 0 Å². The summed E-state index contributed by atoms with van der Waals surface area (Å²) in [6, 6.07) is 10.6. The number of aryl methyl sites for hydroxylation is 1. The maximum Gasteiger partial charge on any atom is 0.124 e. The molecule has 0 radical (unpaired) electrons. The second kappa shape index (κ2) is 5.72. The molecule has 0 aliphatic carbocycles. The maximum atomic E-state index is 13.2. The summed E-state index contributed by atoms with van der Waals surface area (Å²) in [6.45, 7) is 2.51. The molecule has 94 valence electrons. The topological polar surface area (TPSA) is 12.0 Å². The molecule has 0 bridgehead atoms. The lowest BCUT2D eigenvalue weighted by Gasteiger charge is -2.08. The summed E-state index contributed by atoms with van der Waals surface area (Å²) in [5.41, 5.74) is 2.83. The van der Waals surface area contributed by atoms with Gasteiger partial charge in [-0.2, -0.15) is 0 Å². The van der Waals surface area contributed by atoms with Crippen molar-refractivity contribution in [3.63, 3.8) is 0 Å². The Bertz CT molecular complexity index is 551. The molecule has 1 nitrogen and oxygen atoms in total.